The van der Waals surface area contributed by atoms with Crippen LogP contribution < -0.4 is 14.4 Å². The van der Waals surface area contributed by atoms with Crippen molar-refractivity contribution in [3.05, 3.63) is 89.2 Å². The highest BCUT2D eigenvalue weighted by Gasteiger charge is 2.47. The Balaban J connectivity index is 1.98. The summed E-state index contributed by atoms with van der Waals surface area (Å²) in [5.41, 5.74) is 0.508. The molecule has 0 aromatic heterocycles. The van der Waals surface area contributed by atoms with Gasteiger partial charge in [-0.1, -0.05) is 18.2 Å². The van der Waals surface area contributed by atoms with E-state index in [0.29, 0.717) is 17.0 Å². The van der Waals surface area contributed by atoms with Crippen LogP contribution >= 0.6 is 0 Å². The Morgan fingerprint density at radius 2 is 1.70 bits per heavy atom. The van der Waals surface area contributed by atoms with E-state index in [9.17, 15) is 24.2 Å². The van der Waals surface area contributed by atoms with Crippen LogP contribution in [0.25, 0.3) is 5.76 Å². The molecule has 3 aromatic rings. The quantitative estimate of drug-likeness (QED) is 0.345. The van der Waals surface area contributed by atoms with E-state index in [1.165, 1.54) is 49.5 Å². The predicted octanol–water partition coefficient (Wildman–Crippen LogP) is 4.17. The third kappa shape index (κ3) is 3.87. The van der Waals surface area contributed by atoms with Crippen LogP contribution in [-0.4, -0.2) is 36.1 Å². The number of aromatic hydroxyl groups is 1. The smallest absolute Gasteiger partial charge is 0.300 e. The highest BCUT2D eigenvalue weighted by molar-refractivity contribution is 6.51. The summed E-state index contributed by atoms with van der Waals surface area (Å²) >= 11 is 0. The van der Waals surface area contributed by atoms with Crippen LogP contribution in [0.1, 0.15) is 17.2 Å². The Labute approximate surface area is 188 Å². The van der Waals surface area contributed by atoms with Crippen molar-refractivity contribution >= 4 is 23.1 Å². The first-order valence-corrected chi connectivity index (χ1v) is 9.93. The lowest BCUT2D eigenvalue weighted by Gasteiger charge is -2.26. The molecule has 1 aliphatic rings. The number of anilines is 1. The van der Waals surface area contributed by atoms with E-state index < -0.39 is 29.3 Å². The lowest BCUT2D eigenvalue weighted by molar-refractivity contribution is -0.132. The molecule has 3 aromatic carbocycles. The van der Waals surface area contributed by atoms with Crippen molar-refractivity contribution < 1.29 is 33.7 Å². The van der Waals surface area contributed by atoms with Crippen LogP contribution in [0.3, 0.4) is 0 Å². The summed E-state index contributed by atoms with van der Waals surface area (Å²) in [5.74, 6) is -2.47. The number of aliphatic hydroxyl groups excluding tert-OH is 1. The zero-order valence-electron chi connectivity index (χ0n) is 17.8. The van der Waals surface area contributed by atoms with Gasteiger partial charge < -0.3 is 19.7 Å². The Morgan fingerprint density at radius 1 is 0.970 bits per heavy atom. The van der Waals surface area contributed by atoms with E-state index >= 15 is 0 Å². The molecule has 0 radical (unpaired) electrons. The van der Waals surface area contributed by atoms with E-state index in [2.05, 4.69) is 0 Å². The van der Waals surface area contributed by atoms with Gasteiger partial charge in [0, 0.05) is 11.8 Å². The number of amides is 1. The van der Waals surface area contributed by atoms with Gasteiger partial charge in [0.05, 0.1) is 31.4 Å². The van der Waals surface area contributed by atoms with Crippen LogP contribution in [0.5, 0.6) is 17.2 Å². The second-order valence-electron chi connectivity index (χ2n) is 7.31. The molecule has 0 spiro atoms. The number of phenols is 1. The van der Waals surface area contributed by atoms with Crippen molar-refractivity contribution in [3.63, 3.8) is 0 Å². The Morgan fingerprint density at radius 3 is 2.36 bits per heavy atom. The zero-order valence-corrected chi connectivity index (χ0v) is 17.8. The lowest BCUT2D eigenvalue weighted by Crippen LogP contribution is -2.29. The van der Waals surface area contributed by atoms with Gasteiger partial charge in [0.1, 0.15) is 28.8 Å². The molecule has 168 valence electrons. The second-order valence-corrected chi connectivity index (χ2v) is 7.31. The first-order chi connectivity index (χ1) is 15.8. The molecule has 0 bridgehead atoms. The first kappa shape index (κ1) is 21.9. The molecule has 1 aliphatic heterocycles. The number of benzene rings is 3. The molecule has 1 fully saturated rings. The molecule has 1 unspecified atom stereocenters. The normalized spacial score (nSPS) is 17.3. The fraction of sp³-hybridized carbons (Fsp3) is 0.120. The SMILES string of the molecule is COc1cccc(N2C(=O)C(=O)/C(=C(/O)c3cc(F)ccc3OC)C2c2ccc(O)cc2)c1. The summed E-state index contributed by atoms with van der Waals surface area (Å²) < 4.78 is 24.5. The fourth-order valence-corrected chi connectivity index (χ4v) is 3.84. The fourth-order valence-electron chi connectivity index (χ4n) is 3.84. The number of ether oxygens (including phenoxy) is 2. The van der Waals surface area contributed by atoms with E-state index in [4.69, 9.17) is 9.47 Å². The molecule has 7 nitrogen and oxygen atoms in total. The molecule has 1 atom stereocenters. The molecule has 0 saturated carbocycles. The number of carbonyl (C=O) groups excluding carboxylic acids is 2. The van der Waals surface area contributed by atoms with Gasteiger partial charge in [0.25, 0.3) is 11.7 Å². The number of ketones is 1. The van der Waals surface area contributed by atoms with E-state index in [-0.39, 0.29) is 22.6 Å². The number of rotatable bonds is 5. The molecule has 1 saturated heterocycles. The number of aliphatic hydroxyl groups is 1. The molecule has 1 heterocycles. The van der Waals surface area contributed by atoms with Crippen LogP contribution in [0.4, 0.5) is 10.1 Å². The minimum absolute atomic E-state index is 0.0103. The molecular weight excluding hydrogens is 429 g/mol. The van der Waals surface area contributed by atoms with Crippen LogP contribution in [-0.2, 0) is 9.59 Å². The van der Waals surface area contributed by atoms with E-state index in [1.54, 1.807) is 24.3 Å². The van der Waals surface area contributed by atoms with Gasteiger partial charge in [-0.3, -0.25) is 14.5 Å². The molecular formula is C25H20FNO6. The number of hydrogen-bond donors (Lipinski definition) is 2. The number of methoxy groups -OCH3 is 2. The standard InChI is InChI=1S/C25H20FNO6/c1-32-18-5-3-4-16(13-18)27-22(14-6-9-17(28)10-7-14)21(24(30)25(27)31)23(29)19-12-15(26)8-11-20(19)33-2/h3-13,22,28-29H,1-2H3/b23-21+. The Hall–Kier alpha value is -4.33. The van der Waals surface area contributed by atoms with Gasteiger partial charge in [0.2, 0.25) is 0 Å². The number of phenolic OH excluding ortho intramolecular Hbond substituents is 1. The molecule has 33 heavy (non-hydrogen) atoms. The topological polar surface area (TPSA) is 96.3 Å². The van der Waals surface area contributed by atoms with Crippen molar-refractivity contribution in [2.75, 3.05) is 19.1 Å². The van der Waals surface area contributed by atoms with Crippen molar-refractivity contribution in [1.29, 1.82) is 0 Å². The van der Waals surface area contributed by atoms with Crippen molar-refractivity contribution in [3.8, 4) is 17.2 Å². The number of Topliss-reactive ketones (excluding diaryl/α,β-unsaturated/α-hetero) is 1. The van der Waals surface area contributed by atoms with Crippen molar-refractivity contribution in [2.45, 2.75) is 6.04 Å². The zero-order chi connectivity index (χ0) is 23.7. The number of hydrogen-bond acceptors (Lipinski definition) is 6. The molecule has 1 amide bonds. The minimum Gasteiger partial charge on any atom is -0.508 e. The highest BCUT2D eigenvalue weighted by Crippen LogP contribution is 2.44. The van der Waals surface area contributed by atoms with Crippen LogP contribution in [0, 0.1) is 5.82 Å². The average molecular weight is 449 g/mol. The minimum atomic E-state index is -1.05. The third-order valence-corrected chi connectivity index (χ3v) is 5.40. The van der Waals surface area contributed by atoms with E-state index in [1.807, 2.05) is 0 Å². The number of halogens is 1. The predicted molar refractivity (Wildman–Crippen MR) is 119 cm³/mol. The summed E-state index contributed by atoms with van der Waals surface area (Å²) in [4.78, 5) is 27.6. The van der Waals surface area contributed by atoms with Gasteiger partial charge in [-0.25, -0.2) is 4.39 Å². The lowest BCUT2D eigenvalue weighted by atomic mass is 9.94. The molecule has 8 heteroatoms. The average Bonchev–Trinajstić information content (AvgIpc) is 3.09. The maximum absolute atomic E-state index is 14.0. The van der Waals surface area contributed by atoms with Gasteiger partial charge in [-0.15, -0.1) is 0 Å². The first-order valence-electron chi connectivity index (χ1n) is 9.93. The van der Waals surface area contributed by atoms with Crippen molar-refractivity contribution in [2.24, 2.45) is 0 Å². The Bertz CT molecular complexity index is 1270. The van der Waals surface area contributed by atoms with Gasteiger partial charge in [-0.2, -0.15) is 0 Å². The van der Waals surface area contributed by atoms with Crippen LogP contribution in [0.15, 0.2) is 72.3 Å². The summed E-state index contributed by atoms with van der Waals surface area (Å²) in [7, 11) is 2.82. The van der Waals surface area contributed by atoms with Gasteiger partial charge >= 0.3 is 0 Å². The van der Waals surface area contributed by atoms with Crippen LogP contribution in [0.2, 0.25) is 0 Å². The third-order valence-electron chi connectivity index (χ3n) is 5.40. The second kappa shape index (κ2) is 8.66. The van der Waals surface area contributed by atoms with Crippen molar-refractivity contribution in [1.82, 2.24) is 0 Å². The van der Waals surface area contributed by atoms with Gasteiger partial charge in [-0.05, 0) is 48.0 Å². The van der Waals surface area contributed by atoms with E-state index in [0.717, 1.165) is 12.1 Å². The maximum atomic E-state index is 14.0. The molecule has 2 N–H and O–H groups in total. The molecule has 0 aliphatic carbocycles. The summed E-state index contributed by atoms with van der Waals surface area (Å²) in [6.07, 6.45) is 0. The van der Waals surface area contributed by atoms with Gasteiger partial charge in [0.15, 0.2) is 0 Å². The largest absolute Gasteiger partial charge is 0.508 e. The number of carbonyl (C=O) groups is 2. The number of nitrogens with zero attached hydrogens (tertiary/aromatic N) is 1. The molecule has 4 rings (SSSR count). The highest BCUT2D eigenvalue weighted by atomic mass is 19.1. The summed E-state index contributed by atoms with van der Waals surface area (Å²) in [6.45, 7) is 0. The summed E-state index contributed by atoms with van der Waals surface area (Å²) in [5, 5.41) is 20.9. The monoisotopic (exact) mass is 449 g/mol. The summed E-state index contributed by atoms with van der Waals surface area (Å²) in [6, 6.07) is 14.9. The maximum Gasteiger partial charge on any atom is 0.300 e. The Kier molecular flexibility index (Phi) is 5.74.